The predicted molar refractivity (Wildman–Crippen MR) is 58.5 cm³/mol. The van der Waals surface area contributed by atoms with Gasteiger partial charge in [0, 0.05) is 6.61 Å². The average molecular weight is 237 g/mol. The standard InChI is InChI=1S/C10H11N3O4/c1-3-17-5-8-7(4-11)10(14)12-6(2)9(8)13(15)16/h3,5H2,1-2H3,(H,12,14). The first kappa shape index (κ1) is 12.9. The van der Waals surface area contributed by atoms with Crippen LogP contribution in [0.4, 0.5) is 5.69 Å². The molecule has 0 aliphatic carbocycles. The van der Waals surface area contributed by atoms with Crippen molar-refractivity contribution in [3.63, 3.8) is 0 Å². The second kappa shape index (κ2) is 5.23. The molecule has 0 saturated carbocycles. The summed E-state index contributed by atoms with van der Waals surface area (Å²) < 4.78 is 5.05. The Kier molecular flexibility index (Phi) is 3.96. The van der Waals surface area contributed by atoms with Crippen molar-refractivity contribution in [1.29, 1.82) is 5.26 Å². The lowest BCUT2D eigenvalue weighted by molar-refractivity contribution is -0.386. The topological polar surface area (TPSA) is 109 Å². The first-order valence-corrected chi connectivity index (χ1v) is 4.90. The summed E-state index contributed by atoms with van der Waals surface area (Å²) in [6, 6.07) is 1.67. The van der Waals surface area contributed by atoms with Crippen LogP contribution in [0.5, 0.6) is 0 Å². The van der Waals surface area contributed by atoms with Gasteiger partial charge in [-0.25, -0.2) is 0 Å². The molecule has 0 aliphatic rings. The van der Waals surface area contributed by atoms with Gasteiger partial charge < -0.3 is 9.72 Å². The van der Waals surface area contributed by atoms with E-state index in [9.17, 15) is 14.9 Å². The molecule has 1 rings (SSSR count). The smallest absolute Gasteiger partial charge is 0.295 e. The molecule has 0 amide bonds. The molecule has 0 fully saturated rings. The van der Waals surface area contributed by atoms with Crippen molar-refractivity contribution in [3.05, 3.63) is 37.3 Å². The van der Waals surface area contributed by atoms with Crippen LogP contribution in [0.15, 0.2) is 4.79 Å². The van der Waals surface area contributed by atoms with Crippen molar-refractivity contribution < 1.29 is 9.66 Å². The molecule has 0 atom stereocenters. The Labute approximate surface area is 96.8 Å². The summed E-state index contributed by atoms with van der Waals surface area (Å²) in [6.45, 7) is 3.35. The van der Waals surface area contributed by atoms with Gasteiger partial charge in [0.2, 0.25) is 0 Å². The number of nitro groups is 1. The van der Waals surface area contributed by atoms with E-state index in [1.54, 1.807) is 13.0 Å². The Balaban J connectivity index is 3.53. The Morgan fingerprint density at radius 2 is 2.24 bits per heavy atom. The second-order valence-corrected chi connectivity index (χ2v) is 3.29. The second-order valence-electron chi connectivity index (χ2n) is 3.29. The summed E-state index contributed by atoms with van der Waals surface area (Å²) in [5, 5.41) is 19.8. The van der Waals surface area contributed by atoms with E-state index in [1.165, 1.54) is 6.92 Å². The fourth-order valence-electron chi connectivity index (χ4n) is 1.48. The predicted octanol–water partition coefficient (Wildman–Crippen LogP) is 1.000. The first-order valence-electron chi connectivity index (χ1n) is 4.90. The molecule has 0 bridgehead atoms. The lowest BCUT2D eigenvalue weighted by Gasteiger charge is -2.06. The Bertz CT molecular complexity index is 542. The van der Waals surface area contributed by atoms with Crippen molar-refractivity contribution in [2.24, 2.45) is 0 Å². The molecule has 0 spiro atoms. The quantitative estimate of drug-likeness (QED) is 0.620. The Morgan fingerprint density at radius 3 is 2.71 bits per heavy atom. The molecular weight excluding hydrogens is 226 g/mol. The van der Waals surface area contributed by atoms with Crippen LogP contribution in [0.3, 0.4) is 0 Å². The van der Waals surface area contributed by atoms with E-state index in [0.717, 1.165) is 0 Å². The highest BCUT2D eigenvalue weighted by molar-refractivity contribution is 5.51. The number of hydrogen-bond donors (Lipinski definition) is 1. The van der Waals surface area contributed by atoms with Crippen molar-refractivity contribution in [3.8, 4) is 6.07 Å². The number of nitriles is 1. The van der Waals surface area contributed by atoms with Crippen LogP contribution in [0.1, 0.15) is 23.7 Å². The molecule has 17 heavy (non-hydrogen) atoms. The zero-order valence-electron chi connectivity index (χ0n) is 9.44. The molecule has 0 radical (unpaired) electrons. The largest absolute Gasteiger partial charge is 0.377 e. The van der Waals surface area contributed by atoms with Crippen LogP contribution < -0.4 is 5.56 Å². The molecule has 7 heteroatoms. The summed E-state index contributed by atoms with van der Waals surface area (Å²) in [5.41, 5.74) is -1.02. The van der Waals surface area contributed by atoms with Gasteiger partial charge in [0.1, 0.15) is 11.6 Å². The third kappa shape index (κ3) is 2.49. The SMILES string of the molecule is CCOCc1c([N+](=O)[O-])c(C)[nH]c(=O)c1C#N. The molecule has 0 unspecified atom stereocenters. The molecule has 0 aromatic carbocycles. The van der Waals surface area contributed by atoms with Gasteiger partial charge in [-0.05, 0) is 13.8 Å². The maximum atomic E-state index is 11.5. The first-order chi connectivity index (χ1) is 8.02. The highest BCUT2D eigenvalue weighted by Crippen LogP contribution is 2.23. The van der Waals surface area contributed by atoms with Crippen molar-refractivity contribution in [1.82, 2.24) is 4.98 Å². The minimum atomic E-state index is -0.634. The van der Waals surface area contributed by atoms with E-state index in [-0.39, 0.29) is 29.1 Å². The fraction of sp³-hybridized carbons (Fsp3) is 0.400. The van der Waals surface area contributed by atoms with E-state index >= 15 is 0 Å². The minimum Gasteiger partial charge on any atom is -0.377 e. The Hall–Kier alpha value is -2.20. The summed E-state index contributed by atoms with van der Waals surface area (Å²) >= 11 is 0. The molecule has 1 N–H and O–H groups in total. The molecule has 7 nitrogen and oxygen atoms in total. The van der Waals surface area contributed by atoms with Crippen molar-refractivity contribution in [2.45, 2.75) is 20.5 Å². The van der Waals surface area contributed by atoms with Gasteiger partial charge in [0.15, 0.2) is 0 Å². The number of ether oxygens (including phenoxy) is 1. The zero-order valence-corrected chi connectivity index (χ0v) is 9.44. The van der Waals surface area contributed by atoms with Gasteiger partial charge in [0.05, 0.1) is 22.8 Å². The Morgan fingerprint density at radius 1 is 1.59 bits per heavy atom. The van der Waals surface area contributed by atoms with E-state index in [1.807, 2.05) is 0 Å². The van der Waals surface area contributed by atoms with E-state index in [2.05, 4.69) is 4.98 Å². The third-order valence-corrected chi connectivity index (χ3v) is 2.22. The lowest BCUT2D eigenvalue weighted by atomic mass is 10.1. The molecule has 1 aromatic heterocycles. The number of pyridine rings is 1. The molecule has 0 aliphatic heterocycles. The van der Waals surface area contributed by atoms with Gasteiger partial charge in [-0.15, -0.1) is 0 Å². The number of H-pyrrole nitrogens is 1. The number of rotatable bonds is 4. The number of aromatic amines is 1. The highest BCUT2D eigenvalue weighted by atomic mass is 16.6. The highest BCUT2D eigenvalue weighted by Gasteiger charge is 2.24. The van der Waals surface area contributed by atoms with Gasteiger partial charge in [-0.2, -0.15) is 5.26 Å². The maximum absolute atomic E-state index is 11.5. The van der Waals surface area contributed by atoms with Crippen LogP contribution in [-0.4, -0.2) is 16.5 Å². The van der Waals surface area contributed by atoms with E-state index in [4.69, 9.17) is 10.00 Å². The molecular formula is C10H11N3O4. The minimum absolute atomic E-state index is 0.0283. The number of nitrogens with one attached hydrogen (secondary N) is 1. The number of nitrogens with zero attached hydrogens (tertiary/aromatic N) is 2. The van der Waals surface area contributed by atoms with E-state index < -0.39 is 10.5 Å². The van der Waals surface area contributed by atoms with Gasteiger partial charge in [-0.1, -0.05) is 0 Å². The van der Waals surface area contributed by atoms with Crippen LogP contribution in [-0.2, 0) is 11.3 Å². The number of aromatic nitrogens is 1. The monoisotopic (exact) mass is 237 g/mol. The number of hydrogen-bond acceptors (Lipinski definition) is 5. The summed E-state index contributed by atoms with van der Waals surface area (Å²) in [6.07, 6.45) is 0. The molecule has 0 saturated heterocycles. The fourth-order valence-corrected chi connectivity index (χ4v) is 1.48. The lowest BCUT2D eigenvalue weighted by Crippen LogP contribution is -2.18. The summed E-state index contributed by atoms with van der Waals surface area (Å²) in [4.78, 5) is 24.0. The molecule has 1 heterocycles. The van der Waals surface area contributed by atoms with Crippen LogP contribution in [0.25, 0.3) is 0 Å². The van der Waals surface area contributed by atoms with Gasteiger partial charge in [0.25, 0.3) is 11.2 Å². The number of aryl methyl sites for hydroxylation is 1. The maximum Gasteiger partial charge on any atom is 0.295 e. The molecule has 90 valence electrons. The zero-order chi connectivity index (χ0) is 13.0. The van der Waals surface area contributed by atoms with Crippen molar-refractivity contribution >= 4 is 5.69 Å². The molecule has 1 aromatic rings. The average Bonchev–Trinajstić information content (AvgIpc) is 2.25. The summed E-state index contributed by atoms with van der Waals surface area (Å²) in [5.74, 6) is 0. The summed E-state index contributed by atoms with van der Waals surface area (Å²) in [7, 11) is 0. The van der Waals surface area contributed by atoms with Crippen LogP contribution in [0, 0.1) is 28.4 Å². The van der Waals surface area contributed by atoms with E-state index in [0.29, 0.717) is 6.61 Å². The van der Waals surface area contributed by atoms with Crippen molar-refractivity contribution in [2.75, 3.05) is 6.61 Å². The van der Waals surface area contributed by atoms with Gasteiger partial charge >= 0.3 is 0 Å². The van der Waals surface area contributed by atoms with Crippen LogP contribution >= 0.6 is 0 Å². The van der Waals surface area contributed by atoms with Gasteiger partial charge in [-0.3, -0.25) is 14.9 Å². The normalized spacial score (nSPS) is 9.94. The third-order valence-electron chi connectivity index (χ3n) is 2.22. The van der Waals surface area contributed by atoms with Crippen LogP contribution in [0.2, 0.25) is 0 Å².